The van der Waals surface area contributed by atoms with Crippen molar-refractivity contribution in [3.63, 3.8) is 0 Å². The van der Waals surface area contributed by atoms with Crippen molar-refractivity contribution < 1.29 is 23.7 Å². The molecule has 0 fully saturated rings. The number of nitrogens with zero attached hydrogens (tertiary/aromatic N) is 2. The van der Waals surface area contributed by atoms with Crippen molar-refractivity contribution in [1.29, 1.82) is 0 Å². The van der Waals surface area contributed by atoms with Crippen LogP contribution in [0.1, 0.15) is 44.9 Å². The number of fused-ring (bicyclic) bond motifs is 2. The average molecular weight is 521 g/mol. The molecule has 3 heterocycles. The van der Waals surface area contributed by atoms with E-state index < -0.39 is 12.0 Å². The van der Waals surface area contributed by atoms with Crippen molar-refractivity contribution in [2.45, 2.75) is 39.8 Å². The van der Waals surface area contributed by atoms with Crippen LogP contribution in [0.4, 0.5) is 0 Å². The highest BCUT2D eigenvalue weighted by Gasteiger charge is 2.35. The Hall–Kier alpha value is -3.85. The highest BCUT2D eigenvalue weighted by Crippen LogP contribution is 2.36. The van der Waals surface area contributed by atoms with Gasteiger partial charge in [0.2, 0.25) is 0 Å². The predicted molar refractivity (Wildman–Crippen MR) is 140 cm³/mol. The number of para-hydroxylation sites is 1. The van der Waals surface area contributed by atoms with E-state index in [4.69, 9.17) is 18.9 Å². The van der Waals surface area contributed by atoms with E-state index in [1.165, 1.54) is 11.3 Å². The summed E-state index contributed by atoms with van der Waals surface area (Å²) in [6.45, 7) is 8.58. The molecule has 2 aliphatic heterocycles. The lowest BCUT2D eigenvalue weighted by Gasteiger charge is -2.26. The highest BCUT2D eigenvalue weighted by atomic mass is 32.1. The van der Waals surface area contributed by atoms with E-state index in [0.29, 0.717) is 56.6 Å². The predicted octanol–water partition coefficient (Wildman–Crippen LogP) is 3.36. The molecule has 0 bridgehead atoms. The number of esters is 1. The van der Waals surface area contributed by atoms with Gasteiger partial charge in [-0.15, -0.1) is 0 Å². The molecule has 1 aromatic heterocycles. The van der Waals surface area contributed by atoms with Gasteiger partial charge in [-0.1, -0.05) is 35.6 Å². The van der Waals surface area contributed by atoms with Gasteiger partial charge in [0.1, 0.15) is 25.0 Å². The third-order valence-electron chi connectivity index (χ3n) is 5.96. The third kappa shape index (κ3) is 4.79. The second kappa shape index (κ2) is 10.3. The normalized spacial score (nSPS) is 16.9. The zero-order valence-corrected chi connectivity index (χ0v) is 22.0. The van der Waals surface area contributed by atoms with Gasteiger partial charge in [0, 0.05) is 5.56 Å². The number of hydrogen-bond acceptors (Lipinski definition) is 8. The van der Waals surface area contributed by atoms with Gasteiger partial charge in [0.25, 0.3) is 5.56 Å². The number of ether oxygens (including phenoxy) is 4. The molecule has 8 nitrogen and oxygen atoms in total. The van der Waals surface area contributed by atoms with E-state index >= 15 is 0 Å². The zero-order valence-electron chi connectivity index (χ0n) is 21.1. The molecule has 0 spiro atoms. The van der Waals surface area contributed by atoms with Gasteiger partial charge < -0.3 is 18.9 Å². The van der Waals surface area contributed by atoms with Crippen LogP contribution in [0.3, 0.4) is 0 Å². The maximum atomic E-state index is 13.9. The lowest BCUT2D eigenvalue weighted by atomic mass is 9.95. The second-order valence-electron chi connectivity index (χ2n) is 8.91. The van der Waals surface area contributed by atoms with E-state index in [0.717, 1.165) is 5.56 Å². The Bertz CT molecular complexity index is 1570. The van der Waals surface area contributed by atoms with Gasteiger partial charge in [-0.2, -0.15) is 0 Å². The van der Waals surface area contributed by atoms with Crippen molar-refractivity contribution in [3.05, 3.63) is 84.5 Å². The van der Waals surface area contributed by atoms with Crippen LogP contribution in [0.15, 0.2) is 63.5 Å². The summed E-state index contributed by atoms with van der Waals surface area (Å²) in [5.74, 6) is 1.42. The average Bonchev–Trinajstić information content (AvgIpc) is 3.17. The fourth-order valence-electron chi connectivity index (χ4n) is 4.45. The molecular formula is C28H28N2O6S. The van der Waals surface area contributed by atoms with Crippen LogP contribution < -0.4 is 29.1 Å². The van der Waals surface area contributed by atoms with Gasteiger partial charge in [0.05, 0.1) is 28.5 Å². The summed E-state index contributed by atoms with van der Waals surface area (Å²) < 4.78 is 24.8. The summed E-state index contributed by atoms with van der Waals surface area (Å²) in [6.07, 6.45) is 1.71. The molecule has 9 heteroatoms. The van der Waals surface area contributed by atoms with Crippen molar-refractivity contribution >= 4 is 23.4 Å². The molecule has 1 atom stereocenters. The first-order chi connectivity index (χ1) is 17.9. The Balaban J connectivity index is 1.70. The SMILES string of the molecule is CCOC(=O)C1=C(C)N=c2s/c(=C\c3ccc4c(c3)OCCO4)c(=O)n2C1c1ccccc1OC(C)C. The smallest absolute Gasteiger partial charge is 0.338 e. The molecule has 0 aliphatic carbocycles. The number of carbonyl (C=O) groups excluding carboxylic acids is 1. The summed E-state index contributed by atoms with van der Waals surface area (Å²) >= 11 is 1.27. The minimum absolute atomic E-state index is 0.0942. The standard InChI is InChI=1S/C28H28N2O6S/c1-5-33-27(32)24-17(4)29-28-30(25(24)19-8-6-7-9-20(19)36-16(2)3)26(31)23(37-28)15-18-10-11-21-22(14-18)35-13-12-34-21/h6-11,14-16,25H,5,12-13H2,1-4H3/b23-15-. The number of allylic oxidation sites excluding steroid dienone is 1. The molecule has 192 valence electrons. The van der Waals surface area contributed by atoms with Gasteiger partial charge in [0.15, 0.2) is 16.3 Å². The minimum Gasteiger partial charge on any atom is -0.491 e. The lowest BCUT2D eigenvalue weighted by molar-refractivity contribution is -0.139. The molecule has 0 amide bonds. The van der Waals surface area contributed by atoms with E-state index in [9.17, 15) is 9.59 Å². The molecule has 0 saturated heterocycles. The van der Waals surface area contributed by atoms with Crippen molar-refractivity contribution in [1.82, 2.24) is 4.57 Å². The highest BCUT2D eigenvalue weighted by molar-refractivity contribution is 7.07. The quantitative estimate of drug-likeness (QED) is 0.463. The minimum atomic E-state index is -0.743. The Morgan fingerprint density at radius 1 is 1.19 bits per heavy atom. The fourth-order valence-corrected chi connectivity index (χ4v) is 5.50. The number of aromatic nitrogens is 1. The summed E-state index contributed by atoms with van der Waals surface area (Å²) in [6, 6.07) is 12.3. The van der Waals surface area contributed by atoms with E-state index in [2.05, 4.69) is 4.99 Å². The van der Waals surface area contributed by atoms with Crippen molar-refractivity contribution in [2.24, 2.45) is 4.99 Å². The number of rotatable bonds is 6. The molecule has 0 N–H and O–H groups in total. The third-order valence-corrected chi connectivity index (χ3v) is 6.94. The zero-order chi connectivity index (χ0) is 26.1. The van der Waals surface area contributed by atoms with Gasteiger partial charge in [-0.25, -0.2) is 9.79 Å². The van der Waals surface area contributed by atoms with E-state index in [1.807, 2.05) is 56.3 Å². The molecular weight excluding hydrogens is 492 g/mol. The van der Waals surface area contributed by atoms with Crippen LogP contribution >= 0.6 is 11.3 Å². The maximum Gasteiger partial charge on any atom is 0.338 e. The Labute approximate surface area is 218 Å². The molecule has 2 aliphatic rings. The fraction of sp³-hybridized carbons (Fsp3) is 0.321. The Kier molecular flexibility index (Phi) is 6.88. The summed E-state index contributed by atoms with van der Waals surface area (Å²) in [5.41, 5.74) is 2.07. The molecule has 0 saturated carbocycles. The molecule has 37 heavy (non-hydrogen) atoms. The van der Waals surface area contributed by atoms with Crippen LogP contribution in [0, 0.1) is 0 Å². The maximum absolute atomic E-state index is 13.9. The van der Waals surface area contributed by atoms with Gasteiger partial charge in [-0.3, -0.25) is 9.36 Å². The second-order valence-corrected chi connectivity index (χ2v) is 9.92. The monoisotopic (exact) mass is 520 g/mol. The van der Waals surface area contributed by atoms with Crippen LogP contribution in [0.25, 0.3) is 6.08 Å². The molecule has 2 aromatic carbocycles. The summed E-state index contributed by atoms with van der Waals surface area (Å²) in [4.78, 5) is 32.2. The topological polar surface area (TPSA) is 88.4 Å². The summed E-state index contributed by atoms with van der Waals surface area (Å²) in [7, 11) is 0. The largest absolute Gasteiger partial charge is 0.491 e. The Morgan fingerprint density at radius 3 is 2.70 bits per heavy atom. The number of hydrogen-bond donors (Lipinski definition) is 0. The number of carbonyl (C=O) groups is 1. The molecule has 5 rings (SSSR count). The van der Waals surface area contributed by atoms with Crippen LogP contribution in [0.2, 0.25) is 0 Å². The Morgan fingerprint density at radius 2 is 1.95 bits per heavy atom. The van der Waals surface area contributed by atoms with Crippen LogP contribution in [-0.4, -0.2) is 36.5 Å². The van der Waals surface area contributed by atoms with Crippen LogP contribution in [0.5, 0.6) is 17.2 Å². The van der Waals surface area contributed by atoms with Crippen LogP contribution in [-0.2, 0) is 9.53 Å². The molecule has 3 aromatic rings. The van der Waals surface area contributed by atoms with Crippen molar-refractivity contribution in [3.8, 4) is 17.2 Å². The molecule has 1 unspecified atom stereocenters. The van der Waals surface area contributed by atoms with Gasteiger partial charge >= 0.3 is 5.97 Å². The first kappa shape index (κ1) is 24.8. The first-order valence-corrected chi connectivity index (χ1v) is 13.0. The van der Waals surface area contributed by atoms with Gasteiger partial charge in [-0.05, 0) is 57.5 Å². The van der Waals surface area contributed by atoms with E-state index in [-0.39, 0.29) is 18.3 Å². The first-order valence-electron chi connectivity index (χ1n) is 12.2. The lowest BCUT2D eigenvalue weighted by Crippen LogP contribution is -2.40. The number of thiazole rings is 1. The van der Waals surface area contributed by atoms with Crippen molar-refractivity contribution in [2.75, 3.05) is 19.8 Å². The number of benzene rings is 2. The summed E-state index contributed by atoms with van der Waals surface area (Å²) in [5, 5.41) is 0. The van der Waals surface area contributed by atoms with E-state index in [1.54, 1.807) is 24.5 Å². The molecule has 0 radical (unpaired) electrons.